The number of benzene rings is 1. The number of halogens is 2. The fourth-order valence-corrected chi connectivity index (χ4v) is 1.85. The highest BCUT2D eigenvalue weighted by Gasteiger charge is 2.14. The molecule has 0 aliphatic heterocycles. The zero-order chi connectivity index (χ0) is 11.4. The van der Waals surface area contributed by atoms with E-state index in [4.69, 9.17) is 6.42 Å². The van der Waals surface area contributed by atoms with Gasteiger partial charge >= 0.3 is 0 Å². The zero-order valence-corrected chi connectivity index (χ0v) is 11.3. The van der Waals surface area contributed by atoms with Crippen LogP contribution in [0.5, 0.6) is 0 Å². The maximum absolute atomic E-state index is 11.9. The molecule has 0 aliphatic carbocycles. The Morgan fingerprint density at radius 1 is 1.53 bits per heavy atom. The molecule has 0 aromatic heterocycles. The van der Waals surface area contributed by atoms with Crippen LogP contribution in [0.15, 0.2) is 27.1 Å². The molecule has 78 valence electrons. The lowest BCUT2D eigenvalue weighted by atomic mass is 10.2. The molecule has 0 atom stereocenters. The number of hydrogen-bond donors (Lipinski definition) is 0. The van der Waals surface area contributed by atoms with Gasteiger partial charge in [0.25, 0.3) is 5.91 Å². The molecule has 15 heavy (non-hydrogen) atoms. The van der Waals surface area contributed by atoms with Crippen molar-refractivity contribution < 1.29 is 4.79 Å². The summed E-state index contributed by atoms with van der Waals surface area (Å²) in [5.41, 5.74) is 0.599. The van der Waals surface area contributed by atoms with Crippen molar-refractivity contribution >= 4 is 37.8 Å². The number of carbonyl (C=O) groups is 1. The van der Waals surface area contributed by atoms with Crippen LogP contribution in [-0.2, 0) is 0 Å². The van der Waals surface area contributed by atoms with E-state index in [1.165, 1.54) is 4.90 Å². The molecule has 0 fully saturated rings. The van der Waals surface area contributed by atoms with Gasteiger partial charge in [0.15, 0.2) is 0 Å². The van der Waals surface area contributed by atoms with E-state index in [-0.39, 0.29) is 5.91 Å². The summed E-state index contributed by atoms with van der Waals surface area (Å²) in [6, 6.07) is 5.45. The third-order valence-electron chi connectivity index (χ3n) is 1.83. The lowest BCUT2D eigenvalue weighted by molar-refractivity contribution is 0.0811. The summed E-state index contributed by atoms with van der Waals surface area (Å²) >= 11 is 6.65. The molecule has 4 heteroatoms. The minimum atomic E-state index is -0.0962. The molecule has 1 aromatic carbocycles. The fraction of sp³-hybridized carbons (Fsp3) is 0.182. The van der Waals surface area contributed by atoms with Crippen molar-refractivity contribution in [2.75, 3.05) is 13.6 Å². The van der Waals surface area contributed by atoms with Gasteiger partial charge in [-0.3, -0.25) is 4.79 Å². The number of hydrogen-bond acceptors (Lipinski definition) is 1. The van der Waals surface area contributed by atoms with Gasteiger partial charge in [0, 0.05) is 16.0 Å². The molecule has 0 spiro atoms. The van der Waals surface area contributed by atoms with E-state index in [2.05, 4.69) is 37.8 Å². The van der Waals surface area contributed by atoms with Crippen molar-refractivity contribution in [1.82, 2.24) is 4.90 Å². The van der Waals surface area contributed by atoms with Gasteiger partial charge in [-0.2, -0.15) is 0 Å². The first-order valence-corrected chi connectivity index (χ1v) is 5.79. The molecular formula is C11H9Br2NO. The first kappa shape index (κ1) is 12.3. The van der Waals surface area contributed by atoms with Crippen LogP contribution < -0.4 is 0 Å². The molecular weight excluding hydrogens is 322 g/mol. The molecule has 1 amide bonds. The monoisotopic (exact) mass is 329 g/mol. The predicted molar refractivity (Wildman–Crippen MR) is 67.6 cm³/mol. The van der Waals surface area contributed by atoms with Crippen LogP contribution in [-0.4, -0.2) is 24.4 Å². The largest absolute Gasteiger partial charge is 0.331 e. The topological polar surface area (TPSA) is 20.3 Å². The minimum absolute atomic E-state index is 0.0962. The third kappa shape index (κ3) is 3.08. The van der Waals surface area contributed by atoms with Crippen LogP contribution in [0, 0.1) is 12.3 Å². The Morgan fingerprint density at radius 3 is 2.80 bits per heavy atom. The summed E-state index contributed by atoms with van der Waals surface area (Å²) in [5, 5.41) is 0. The Bertz CT molecular complexity index is 423. The van der Waals surface area contributed by atoms with Crippen LogP contribution in [0.25, 0.3) is 0 Å². The Hall–Kier alpha value is -0.790. The summed E-state index contributed by atoms with van der Waals surface area (Å²) in [5.74, 6) is 2.33. The van der Waals surface area contributed by atoms with E-state index in [1.807, 2.05) is 12.1 Å². The van der Waals surface area contributed by atoms with Gasteiger partial charge in [-0.1, -0.05) is 21.9 Å². The van der Waals surface area contributed by atoms with Crippen molar-refractivity contribution in [3.63, 3.8) is 0 Å². The van der Waals surface area contributed by atoms with Gasteiger partial charge in [-0.05, 0) is 34.1 Å². The van der Waals surface area contributed by atoms with E-state index in [0.29, 0.717) is 12.1 Å². The lowest BCUT2D eigenvalue weighted by Gasteiger charge is -2.14. The van der Waals surface area contributed by atoms with Crippen LogP contribution in [0.2, 0.25) is 0 Å². The molecule has 0 unspecified atom stereocenters. The Kier molecular flexibility index (Phi) is 4.37. The van der Waals surface area contributed by atoms with Gasteiger partial charge in [0.05, 0.1) is 12.1 Å². The fourth-order valence-electron chi connectivity index (χ4n) is 1.08. The van der Waals surface area contributed by atoms with E-state index in [0.717, 1.165) is 8.95 Å². The number of terminal acetylenes is 1. The third-order valence-corrected chi connectivity index (χ3v) is 3.02. The van der Waals surface area contributed by atoms with E-state index in [1.54, 1.807) is 13.1 Å². The molecule has 1 aromatic rings. The SMILES string of the molecule is C#CCN(C)C(=O)c1cc(Br)ccc1Br. The van der Waals surface area contributed by atoms with Gasteiger partial charge < -0.3 is 4.90 Å². The van der Waals surface area contributed by atoms with E-state index in [9.17, 15) is 4.79 Å². The minimum Gasteiger partial charge on any atom is -0.331 e. The summed E-state index contributed by atoms with van der Waals surface area (Å²) in [7, 11) is 1.68. The highest BCUT2D eigenvalue weighted by molar-refractivity contribution is 9.11. The van der Waals surface area contributed by atoms with Crippen molar-refractivity contribution in [3.8, 4) is 12.3 Å². The second kappa shape index (κ2) is 5.34. The zero-order valence-electron chi connectivity index (χ0n) is 8.13. The molecule has 0 heterocycles. The van der Waals surface area contributed by atoms with Crippen molar-refractivity contribution in [3.05, 3.63) is 32.7 Å². The highest BCUT2D eigenvalue weighted by Crippen LogP contribution is 2.22. The molecule has 0 radical (unpaired) electrons. The van der Waals surface area contributed by atoms with Crippen LogP contribution in [0.3, 0.4) is 0 Å². The summed E-state index contributed by atoms with van der Waals surface area (Å²) < 4.78 is 1.63. The lowest BCUT2D eigenvalue weighted by Crippen LogP contribution is -2.27. The standard InChI is InChI=1S/C11H9Br2NO/c1-3-6-14(2)11(15)9-7-8(12)4-5-10(9)13/h1,4-5,7H,6H2,2H3. The van der Waals surface area contributed by atoms with Crippen molar-refractivity contribution in [2.45, 2.75) is 0 Å². The van der Waals surface area contributed by atoms with Gasteiger partial charge in [0.2, 0.25) is 0 Å². The quantitative estimate of drug-likeness (QED) is 0.763. The van der Waals surface area contributed by atoms with Crippen LogP contribution in [0.4, 0.5) is 0 Å². The van der Waals surface area contributed by atoms with Gasteiger partial charge in [0.1, 0.15) is 0 Å². The van der Waals surface area contributed by atoms with Gasteiger partial charge in [-0.15, -0.1) is 6.42 Å². The Morgan fingerprint density at radius 2 is 2.20 bits per heavy atom. The number of amides is 1. The van der Waals surface area contributed by atoms with Crippen LogP contribution in [0.1, 0.15) is 10.4 Å². The maximum Gasteiger partial charge on any atom is 0.255 e. The maximum atomic E-state index is 11.9. The summed E-state index contributed by atoms with van der Waals surface area (Å²) in [6.07, 6.45) is 5.15. The Labute approximate surface area is 106 Å². The summed E-state index contributed by atoms with van der Waals surface area (Å²) in [6.45, 7) is 0.303. The first-order chi connectivity index (χ1) is 7.06. The number of rotatable bonds is 2. The summed E-state index contributed by atoms with van der Waals surface area (Å²) in [4.78, 5) is 13.4. The molecule has 0 N–H and O–H groups in total. The molecule has 0 bridgehead atoms. The number of carbonyl (C=O) groups excluding carboxylic acids is 1. The average Bonchev–Trinajstić information content (AvgIpc) is 2.21. The molecule has 0 saturated heterocycles. The van der Waals surface area contributed by atoms with E-state index < -0.39 is 0 Å². The molecule has 0 aliphatic rings. The van der Waals surface area contributed by atoms with E-state index >= 15 is 0 Å². The van der Waals surface area contributed by atoms with Crippen molar-refractivity contribution in [1.29, 1.82) is 0 Å². The smallest absolute Gasteiger partial charge is 0.255 e. The normalized spacial score (nSPS) is 9.47. The van der Waals surface area contributed by atoms with Crippen molar-refractivity contribution in [2.24, 2.45) is 0 Å². The predicted octanol–water partition coefficient (Wildman–Crippen LogP) is 2.92. The Balaban J connectivity index is 3.01. The molecule has 2 nitrogen and oxygen atoms in total. The average molecular weight is 331 g/mol. The molecule has 0 saturated carbocycles. The molecule has 1 rings (SSSR count). The van der Waals surface area contributed by atoms with Gasteiger partial charge in [-0.25, -0.2) is 0 Å². The first-order valence-electron chi connectivity index (χ1n) is 4.20. The van der Waals surface area contributed by atoms with Crippen LogP contribution >= 0.6 is 31.9 Å². The number of nitrogens with zero attached hydrogens (tertiary/aromatic N) is 1. The second-order valence-corrected chi connectivity index (χ2v) is 4.76. The highest BCUT2D eigenvalue weighted by atomic mass is 79.9. The second-order valence-electron chi connectivity index (χ2n) is 2.99.